The topological polar surface area (TPSA) is 71.1 Å². The summed E-state index contributed by atoms with van der Waals surface area (Å²) in [6.45, 7) is 4.09. The normalized spacial score (nSPS) is 12.1. The number of hydrogen-bond acceptors (Lipinski definition) is 4. The van der Waals surface area contributed by atoms with Crippen molar-refractivity contribution in [1.82, 2.24) is 15.6 Å². The molecule has 6 heteroatoms. The van der Waals surface area contributed by atoms with Gasteiger partial charge in [-0.15, -0.1) is 11.3 Å². The highest BCUT2D eigenvalue weighted by Gasteiger charge is 2.15. The van der Waals surface area contributed by atoms with Gasteiger partial charge in [0.25, 0.3) is 0 Å². The van der Waals surface area contributed by atoms with Crippen LogP contribution >= 0.6 is 11.3 Å². The minimum Gasteiger partial charge on any atom is -0.355 e. The lowest BCUT2D eigenvalue weighted by atomic mass is 10.2. The second-order valence-electron chi connectivity index (χ2n) is 4.76. The van der Waals surface area contributed by atoms with Gasteiger partial charge in [-0.3, -0.25) is 9.59 Å². The maximum Gasteiger partial charge on any atom is 0.242 e. The fraction of sp³-hybridized carbons (Fsp3) is 0.400. The number of likely N-dealkylation sites (N-methyl/N-ethyl adjacent to an activating group) is 1. The molecule has 0 fully saturated rings. The van der Waals surface area contributed by atoms with Gasteiger partial charge < -0.3 is 10.6 Å². The molecule has 1 atom stereocenters. The van der Waals surface area contributed by atoms with Gasteiger partial charge in [-0.05, 0) is 26.0 Å². The maximum absolute atomic E-state index is 11.8. The van der Waals surface area contributed by atoms with E-state index in [0.717, 1.165) is 15.2 Å². The average Bonchev–Trinajstić information content (AvgIpc) is 2.88. The van der Waals surface area contributed by atoms with E-state index in [0.29, 0.717) is 19.4 Å². The summed E-state index contributed by atoms with van der Waals surface area (Å²) < 4.78 is 1.13. The van der Waals surface area contributed by atoms with E-state index in [4.69, 9.17) is 0 Å². The number of fused-ring (bicyclic) bond motifs is 1. The summed E-state index contributed by atoms with van der Waals surface area (Å²) in [5, 5.41) is 6.31. The Bertz CT molecular complexity index is 606. The van der Waals surface area contributed by atoms with Gasteiger partial charge in [0.05, 0.1) is 15.2 Å². The van der Waals surface area contributed by atoms with Gasteiger partial charge in [0, 0.05) is 19.4 Å². The predicted molar refractivity (Wildman–Crippen MR) is 84.2 cm³/mol. The Balaban J connectivity index is 1.84. The molecule has 0 aliphatic heterocycles. The Morgan fingerprint density at radius 2 is 2.10 bits per heavy atom. The number of nitrogens with zero attached hydrogens (tertiary/aromatic N) is 1. The third kappa shape index (κ3) is 4.26. The van der Waals surface area contributed by atoms with Gasteiger partial charge in [-0.2, -0.15) is 0 Å². The van der Waals surface area contributed by atoms with E-state index in [9.17, 15) is 9.59 Å². The average molecular weight is 305 g/mol. The van der Waals surface area contributed by atoms with Crippen molar-refractivity contribution in [3.8, 4) is 0 Å². The molecule has 0 aliphatic rings. The lowest BCUT2D eigenvalue weighted by Gasteiger charge is -2.12. The molecule has 0 spiro atoms. The molecule has 0 saturated carbocycles. The fourth-order valence-electron chi connectivity index (χ4n) is 1.95. The lowest BCUT2D eigenvalue weighted by Crippen LogP contribution is -2.44. The second-order valence-corrected chi connectivity index (χ2v) is 5.87. The number of thiazole rings is 1. The molecule has 0 bridgehead atoms. The molecule has 112 valence electrons. The number of rotatable bonds is 6. The molecule has 5 nitrogen and oxygen atoms in total. The number of para-hydroxylation sites is 1. The van der Waals surface area contributed by atoms with Crippen molar-refractivity contribution in [2.75, 3.05) is 6.54 Å². The van der Waals surface area contributed by atoms with Crippen LogP contribution in [0.5, 0.6) is 0 Å². The van der Waals surface area contributed by atoms with Gasteiger partial charge in [0.1, 0.15) is 6.04 Å². The van der Waals surface area contributed by atoms with E-state index in [1.807, 2.05) is 31.2 Å². The number of carbonyl (C=O) groups excluding carboxylic acids is 2. The van der Waals surface area contributed by atoms with Crippen LogP contribution in [-0.4, -0.2) is 29.4 Å². The molecule has 1 aromatic heterocycles. The number of nitrogens with one attached hydrogen (secondary N) is 2. The summed E-state index contributed by atoms with van der Waals surface area (Å²) >= 11 is 1.60. The zero-order valence-corrected chi connectivity index (χ0v) is 13.0. The first-order chi connectivity index (χ1) is 10.1. The van der Waals surface area contributed by atoms with Gasteiger partial charge in [-0.25, -0.2) is 4.98 Å². The van der Waals surface area contributed by atoms with Crippen LogP contribution in [0.2, 0.25) is 0 Å². The largest absolute Gasteiger partial charge is 0.355 e. The Hall–Kier alpha value is -1.95. The summed E-state index contributed by atoms with van der Waals surface area (Å²) in [4.78, 5) is 27.9. The van der Waals surface area contributed by atoms with Crippen LogP contribution in [0.1, 0.15) is 25.3 Å². The number of aromatic nitrogens is 1. The van der Waals surface area contributed by atoms with Crippen LogP contribution < -0.4 is 10.6 Å². The molecular weight excluding hydrogens is 286 g/mol. The molecule has 2 amide bonds. The summed E-state index contributed by atoms with van der Waals surface area (Å²) in [5.74, 6) is -0.293. The minimum absolute atomic E-state index is 0.131. The number of carbonyl (C=O) groups is 2. The summed E-state index contributed by atoms with van der Waals surface area (Å²) in [6, 6.07) is 7.41. The van der Waals surface area contributed by atoms with Crippen molar-refractivity contribution < 1.29 is 9.59 Å². The Kier molecular flexibility index (Phi) is 5.27. The highest BCUT2D eigenvalue weighted by atomic mass is 32.1. The van der Waals surface area contributed by atoms with Crippen molar-refractivity contribution in [2.45, 2.75) is 32.7 Å². The Labute approximate surface area is 127 Å². The van der Waals surface area contributed by atoms with Crippen molar-refractivity contribution >= 4 is 33.4 Å². The zero-order valence-electron chi connectivity index (χ0n) is 12.2. The minimum atomic E-state index is -0.507. The van der Waals surface area contributed by atoms with Crippen LogP contribution in [0, 0.1) is 0 Å². The Morgan fingerprint density at radius 1 is 1.33 bits per heavy atom. The van der Waals surface area contributed by atoms with E-state index in [2.05, 4.69) is 15.6 Å². The molecule has 0 radical (unpaired) electrons. The third-order valence-electron chi connectivity index (χ3n) is 3.03. The van der Waals surface area contributed by atoms with Gasteiger partial charge in [0.2, 0.25) is 11.8 Å². The van der Waals surface area contributed by atoms with E-state index < -0.39 is 6.04 Å². The number of benzene rings is 1. The lowest BCUT2D eigenvalue weighted by molar-refractivity contribution is -0.128. The second kappa shape index (κ2) is 7.17. The van der Waals surface area contributed by atoms with Crippen molar-refractivity contribution in [1.29, 1.82) is 0 Å². The van der Waals surface area contributed by atoms with Gasteiger partial charge in [0.15, 0.2) is 0 Å². The van der Waals surface area contributed by atoms with Crippen LogP contribution in [0.3, 0.4) is 0 Å². The summed E-state index contributed by atoms with van der Waals surface area (Å²) in [6.07, 6.45) is 0.927. The van der Waals surface area contributed by atoms with Crippen LogP contribution in [0.15, 0.2) is 24.3 Å². The fourth-order valence-corrected chi connectivity index (χ4v) is 2.92. The standard InChI is InChI=1S/C15H19N3O2S/c1-3-16-15(20)10(2)17-13(19)8-9-14-18-11-6-4-5-7-12(11)21-14/h4-7,10H,3,8-9H2,1-2H3,(H,16,20)(H,17,19)/t10-/m0/s1. The first-order valence-corrected chi connectivity index (χ1v) is 7.83. The van der Waals surface area contributed by atoms with E-state index in [1.165, 1.54) is 0 Å². The third-order valence-corrected chi connectivity index (χ3v) is 4.12. The molecule has 21 heavy (non-hydrogen) atoms. The molecule has 0 unspecified atom stereocenters. The molecule has 2 rings (SSSR count). The van der Waals surface area contributed by atoms with Crippen molar-refractivity contribution in [3.63, 3.8) is 0 Å². The predicted octanol–water partition coefficient (Wildman–Crippen LogP) is 1.87. The number of hydrogen-bond donors (Lipinski definition) is 2. The molecule has 1 heterocycles. The molecule has 0 aliphatic carbocycles. The van der Waals surface area contributed by atoms with E-state index in [-0.39, 0.29) is 11.8 Å². The van der Waals surface area contributed by atoms with Crippen LogP contribution in [-0.2, 0) is 16.0 Å². The summed E-state index contributed by atoms with van der Waals surface area (Å²) in [7, 11) is 0. The Morgan fingerprint density at radius 3 is 2.81 bits per heavy atom. The zero-order chi connectivity index (χ0) is 15.2. The van der Waals surface area contributed by atoms with Gasteiger partial charge >= 0.3 is 0 Å². The van der Waals surface area contributed by atoms with Gasteiger partial charge in [-0.1, -0.05) is 12.1 Å². The van der Waals surface area contributed by atoms with E-state index >= 15 is 0 Å². The monoisotopic (exact) mass is 305 g/mol. The number of aryl methyl sites for hydroxylation is 1. The smallest absolute Gasteiger partial charge is 0.242 e. The highest BCUT2D eigenvalue weighted by molar-refractivity contribution is 7.18. The summed E-state index contributed by atoms with van der Waals surface area (Å²) in [5.41, 5.74) is 0.966. The van der Waals surface area contributed by atoms with Crippen molar-refractivity contribution in [3.05, 3.63) is 29.3 Å². The SMILES string of the molecule is CCNC(=O)[C@H](C)NC(=O)CCc1nc2ccccc2s1. The molecule has 1 aromatic carbocycles. The first-order valence-electron chi connectivity index (χ1n) is 7.01. The molecular formula is C15H19N3O2S. The highest BCUT2D eigenvalue weighted by Crippen LogP contribution is 2.22. The maximum atomic E-state index is 11.8. The quantitative estimate of drug-likeness (QED) is 0.856. The molecule has 0 saturated heterocycles. The van der Waals surface area contributed by atoms with Crippen LogP contribution in [0.25, 0.3) is 10.2 Å². The molecule has 2 N–H and O–H groups in total. The first kappa shape index (κ1) is 15.4. The van der Waals surface area contributed by atoms with Crippen molar-refractivity contribution in [2.24, 2.45) is 0 Å². The van der Waals surface area contributed by atoms with Crippen LogP contribution in [0.4, 0.5) is 0 Å². The molecule has 2 aromatic rings. The van der Waals surface area contributed by atoms with E-state index in [1.54, 1.807) is 18.3 Å². The number of amides is 2.